The molecule has 1 unspecified atom stereocenters. The molecule has 0 spiro atoms. The minimum Gasteiger partial charge on any atom is -0.384 e. The summed E-state index contributed by atoms with van der Waals surface area (Å²) in [6, 6.07) is 8.62. The van der Waals surface area contributed by atoms with Gasteiger partial charge in [-0.2, -0.15) is 0 Å². The normalized spacial score (nSPS) is 18.2. The summed E-state index contributed by atoms with van der Waals surface area (Å²) in [5.41, 5.74) is 2.75. The lowest BCUT2D eigenvalue weighted by Crippen LogP contribution is -2.29. The quantitative estimate of drug-likeness (QED) is 0.837. The van der Waals surface area contributed by atoms with Gasteiger partial charge in [-0.25, -0.2) is 0 Å². The van der Waals surface area contributed by atoms with Crippen LogP contribution in [0.25, 0.3) is 0 Å². The number of nitrogens with one attached hydrogen (secondary N) is 1. The number of rotatable bonds is 6. The highest BCUT2D eigenvalue weighted by atomic mass is 16.5. The summed E-state index contributed by atoms with van der Waals surface area (Å²) in [6.07, 6.45) is 0.326. The van der Waals surface area contributed by atoms with E-state index in [2.05, 4.69) is 55.4 Å². The summed E-state index contributed by atoms with van der Waals surface area (Å²) in [5.74, 6) is 0.602. The van der Waals surface area contributed by atoms with Crippen molar-refractivity contribution in [3.05, 3.63) is 29.8 Å². The van der Waals surface area contributed by atoms with Crippen LogP contribution in [0.4, 0.5) is 5.69 Å². The average molecular weight is 248 g/mol. The Hall–Kier alpha value is -1.06. The van der Waals surface area contributed by atoms with E-state index < -0.39 is 0 Å². The summed E-state index contributed by atoms with van der Waals surface area (Å²) < 4.78 is 5.59. The summed E-state index contributed by atoms with van der Waals surface area (Å²) in [7, 11) is 2.17. The van der Waals surface area contributed by atoms with Gasteiger partial charge in [-0.3, -0.25) is 0 Å². The smallest absolute Gasteiger partial charge is 0.0596 e. The van der Waals surface area contributed by atoms with E-state index in [1.807, 2.05) is 0 Å². The predicted octanol–water partition coefficient (Wildman–Crippen LogP) is 2.55. The maximum Gasteiger partial charge on any atom is 0.0596 e. The standard InChI is InChI=1S/C15H24N2O/c1-12(2)18-9-8-17(3)11-13-10-16-15-7-5-4-6-14(13)15/h4-7,12-13,16H,8-11H2,1-3H3. The van der Waals surface area contributed by atoms with Crippen molar-refractivity contribution in [1.29, 1.82) is 0 Å². The van der Waals surface area contributed by atoms with Gasteiger partial charge < -0.3 is 15.0 Å². The van der Waals surface area contributed by atoms with Crippen LogP contribution in [-0.4, -0.2) is 44.3 Å². The Bertz CT molecular complexity index is 379. The molecule has 1 heterocycles. The second-order valence-corrected chi connectivity index (χ2v) is 5.35. The first-order valence-electron chi connectivity index (χ1n) is 6.79. The topological polar surface area (TPSA) is 24.5 Å². The zero-order valence-electron chi connectivity index (χ0n) is 11.6. The highest BCUT2D eigenvalue weighted by Crippen LogP contribution is 2.31. The Morgan fingerprint density at radius 3 is 2.94 bits per heavy atom. The molecule has 18 heavy (non-hydrogen) atoms. The number of fused-ring (bicyclic) bond motifs is 1. The fourth-order valence-electron chi connectivity index (χ4n) is 2.43. The van der Waals surface area contributed by atoms with Gasteiger partial charge in [0.05, 0.1) is 12.7 Å². The molecule has 1 atom stereocenters. The van der Waals surface area contributed by atoms with Gasteiger partial charge in [0.2, 0.25) is 0 Å². The number of benzene rings is 1. The fourth-order valence-corrected chi connectivity index (χ4v) is 2.43. The van der Waals surface area contributed by atoms with Gasteiger partial charge in [0.25, 0.3) is 0 Å². The third kappa shape index (κ3) is 3.47. The molecule has 1 aromatic rings. The summed E-state index contributed by atoms with van der Waals surface area (Å²) in [4.78, 5) is 2.36. The zero-order chi connectivity index (χ0) is 13.0. The number of hydrogen-bond acceptors (Lipinski definition) is 3. The first-order valence-corrected chi connectivity index (χ1v) is 6.79. The first kappa shape index (κ1) is 13.4. The van der Waals surface area contributed by atoms with Crippen LogP contribution in [0.5, 0.6) is 0 Å². The fraction of sp³-hybridized carbons (Fsp3) is 0.600. The molecule has 1 aliphatic heterocycles. The van der Waals surface area contributed by atoms with Crippen LogP contribution < -0.4 is 5.32 Å². The monoisotopic (exact) mass is 248 g/mol. The summed E-state index contributed by atoms with van der Waals surface area (Å²) in [5, 5.41) is 3.47. The maximum absolute atomic E-state index is 5.59. The van der Waals surface area contributed by atoms with Crippen molar-refractivity contribution in [3.63, 3.8) is 0 Å². The van der Waals surface area contributed by atoms with Crippen molar-refractivity contribution in [2.75, 3.05) is 38.6 Å². The van der Waals surface area contributed by atoms with Crippen molar-refractivity contribution >= 4 is 5.69 Å². The van der Waals surface area contributed by atoms with E-state index in [9.17, 15) is 0 Å². The van der Waals surface area contributed by atoms with E-state index in [4.69, 9.17) is 4.74 Å². The lowest BCUT2D eigenvalue weighted by atomic mass is 10.0. The van der Waals surface area contributed by atoms with Crippen molar-refractivity contribution in [3.8, 4) is 0 Å². The maximum atomic E-state index is 5.59. The molecule has 0 saturated carbocycles. The van der Waals surface area contributed by atoms with Crippen LogP contribution in [0, 0.1) is 0 Å². The van der Waals surface area contributed by atoms with E-state index in [1.54, 1.807) is 0 Å². The summed E-state index contributed by atoms with van der Waals surface area (Å²) >= 11 is 0. The van der Waals surface area contributed by atoms with Gasteiger partial charge in [-0.05, 0) is 32.5 Å². The molecule has 0 saturated heterocycles. The number of anilines is 1. The van der Waals surface area contributed by atoms with Gasteiger partial charge in [0.1, 0.15) is 0 Å². The van der Waals surface area contributed by atoms with Gasteiger partial charge in [-0.1, -0.05) is 18.2 Å². The Kier molecular flexibility index (Phi) is 4.61. The van der Waals surface area contributed by atoms with Crippen LogP contribution in [0.1, 0.15) is 25.3 Å². The Labute approximate surface area is 110 Å². The molecule has 1 aromatic carbocycles. The molecule has 0 bridgehead atoms. The number of para-hydroxylation sites is 1. The Morgan fingerprint density at radius 2 is 2.17 bits per heavy atom. The third-order valence-electron chi connectivity index (χ3n) is 3.40. The number of nitrogens with zero attached hydrogens (tertiary/aromatic N) is 1. The molecule has 1 N–H and O–H groups in total. The minimum absolute atomic E-state index is 0.326. The molecule has 0 aromatic heterocycles. The molecule has 3 nitrogen and oxygen atoms in total. The molecular weight excluding hydrogens is 224 g/mol. The van der Waals surface area contributed by atoms with Crippen molar-refractivity contribution < 1.29 is 4.74 Å². The third-order valence-corrected chi connectivity index (χ3v) is 3.40. The van der Waals surface area contributed by atoms with Crippen molar-refractivity contribution in [2.24, 2.45) is 0 Å². The van der Waals surface area contributed by atoms with Gasteiger partial charge in [0.15, 0.2) is 0 Å². The molecule has 100 valence electrons. The Morgan fingerprint density at radius 1 is 1.39 bits per heavy atom. The Balaban J connectivity index is 1.80. The van der Waals surface area contributed by atoms with Crippen LogP contribution >= 0.6 is 0 Å². The highest BCUT2D eigenvalue weighted by molar-refractivity contribution is 5.57. The lowest BCUT2D eigenvalue weighted by Gasteiger charge is -2.21. The van der Waals surface area contributed by atoms with E-state index in [0.717, 1.165) is 26.2 Å². The van der Waals surface area contributed by atoms with Crippen LogP contribution in [0.2, 0.25) is 0 Å². The highest BCUT2D eigenvalue weighted by Gasteiger charge is 2.22. The van der Waals surface area contributed by atoms with E-state index in [0.29, 0.717) is 12.0 Å². The van der Waals surface area contributed by atoms with Crippen LogP contribution in [0.3, 0.4) is 0 Å². The van der Waals surface area contributed by atoms with E-state index >= 15 is 0 Å². The van der Waals surface area contributed by atoms with Crippen molar-refractivity contribution in [2.45, 2.75) is 25.9 Å². The molecule has 0 amide bonds. The molecule has 2 rings (SSSR count). The summed E-state index contributed by atoms with van der Waals surface area (Å²) in [6.45, 7) is 8.11. The minimum atomic E-state index is 0.326. The molecule has 1 aliphatic rings. The van der Waals surface area contributed by atoms with Gasteiger partial charge in [0, 0.05) is 31.2 Å². The molecule has 0 aliphatic carbocycles. The SMILES string of the molecule is CC(C)OCCN(C)CC1CNc2ccccc21. The average Bonchev–Trinajstić information content (AvgIpc) is 2.72. The molecule has 3 heteroatoms. The lowest BCUT2D eigenvalue weighted by molar-refractivity contribution is 0.0631. The van der Waals surface area contributed by atoms with E-state index in [-0.39, 0.29) is 0 Å². The van der Waals surface area contributed by atoms with Crippen LogP contribution in [0.15, 0.2) is 24.3 Å². The van der Waals surface area contributed by atoms with Gasteiger partial charge >= 0.3 is 0 Å². The predicted molar refractivity (Wildman–Crippen MR) is 76.3 cm³/mol. The first-order chi connectivity index (χ1) is 8.66. The van der Waals surface area contributed by atoms with E-state index in [1.165, 1.54) is 11.3 Å². The number of likely N-dealkylation sites (N-methyl/N-ethyl adjacent to an activating group) is 1. The molecule has 0 fully saturated rings. The van der Waals surface area contributed by atoms with Crippen LogP contribution in [-0.2, 0) is 4.74 Å². The number of ether oxygens (including phenoxy) is 1. The molecule has 0 radical (unpaired) electrons. The second kappa shape index (κ2) is 6.21. The van der Waals surface area contributed by atoms with Crippen molar-refractivity contribution in [1.82, 2.24) is 4.90 Å². The molecular formula is C15H24N2O. The van der Waals surface area contributed by atoms with Gasteiger partial charge in [-0.15, -0.1) is 0 Å². The number of hydrogen-bond donors (Lipinski definition) is 1. The second-order valence-electron chi connectivity index (χ2n) is 5.35. The largest absolute Gasteiger partial charge is 0.384 e. The zero-order valence-corrected chi connectivity index (χ0v) is 11.6.